The highest BCUT2D eigenvalue weighted by atomic mass is 16.3. The van der Waals surface area contributed by atoms with Crippen LogP contribution < -0.4 is 5.32 Å². The van der Waals surface area contributed by atoms with Crippen molar-refractivity contribution in [2.24, 2.45) is 0 Å². The van der Waals surface area contributed by atoms with Gasteiger partial charge < -0.3 is 5.32 Å². The maximum Gasteiger partial charge on any atom is 0.200 e. The smallest absolute Gasteiger partial charge is 0.200 e. The standard InChI is InChI=1S/C10H13N2O/c13-9-2-1-5-12-10(9)8-3-6-11-7-4-8/h1-2,5,8,11H,3-4,6-7H2. The molecule has 1 aliphatic rings. The first-order valence-electron chi connectivity index (χ1n) is 4.70. The third-order valence-corrected chi connectivity index (χ3v) is 2.53. The Morgan fingerprint density at radius 2 is 2.15 bits per heavy atom. The zero-order valence-corrected chi connectivity index (χ0v) is 7.49. The number of pyridine rings is 1. The predicted octanol–water partition coefficient (Wildman–Crippen LogP) is 1.69. The SMILES string of the molecule is [O]c1cccnc1C1CCNCC1. The van der Waals surface area contributed by atoms with Crippen molar-refractivity contribution in [2.45, 2.75) is 18.8 Å². The first kappa shape index (κ1) is 8.51. The van der Waals surface area contributed by atoms with Gasteiger partial charge in [0.05, 0.1) is 5.69 Å². The second-order valence-corrected chi connectivity index (χ2v) is 3.41. The third-order valence-electron chi connectivity index (χ3n) is 2.53. The van der Waals surface area contributed by atoms with Gasteiger partial charge in [-0.3, -0.25) is 10.1 Å². The van der Waals surface area contributed by atoms with Crippen LogP contribution in [0.2, 0.25) is 0 Å². The number of hydrogen-bond acceptors (Lipinski definition) is 2. The van der Waals surface area contributed by atoms with Gasteiger partial charge in [-0.2, -0.15) is 0 Å². The molecule has 2 heterocycles. The maximum atomic E-state index is 11.4. The van der Waals surface area contributed by atoms with Crippen molar-refractivity contribution < 1.29 is 5.11 Å². The fourth-order valence-electron chi connectivity index (χ4n) is 1.80. The van der Waals surface area contributed by atoms with Crippen molar-refractivity contribution in [3.63, 3.8) is 0 Å². The van der Waals surface area contributed by atoms with Crippen LogP contribution in [-0.2, 0) is 5.11 Å². The van der Waals surface area contributed by atoms with Crippen LogP contribution in [0.25, 0.3) is 0 Å². The van der Waals surface area contributed by atoms with E-state index in [1.807, 2.05) is 0 Å². The topological polar surface area (TPSA) is 44.8 Å². The quantitative estimate of drug-likeness (QED) is 0.709. The number of nitrogens with zero attached hydrogens (tertiary/aromatic N) is 1. The van der Waals surface area contributed by atoms with Crippen LogP contribution in [0.3, 0.4) is 0 Å². The Hall–Kier alpha value is -1.09. The minimum absolute atomic E-state index is 0.0920. The molecule has 1 aromatic heterocycles. The van der Waals surface area contributed by atoms with Gasteiger partial charge in [0.25, 0.3) is 0 Å². The molecule has 0 aromatic carbocycles. The maximum absolute atomic E-state index is 11.4. The molecule has 1 N–H and O–H groups in total. The molecule has 1 saturated heterocycles. The molecule has 0 saturated carbocycles. The highest BCUT2D eigenvalue weighted by molar-refractivity contribution is 5.28. The Labute approximate surface area is 77.8 Å². The van der Waals surface area contributed by atoms with Crippen molar-refractivity contribution in [3.05, 3.63) is 24.0 Å². The largest absolute Gasteiger partial charge is 0.317 e. The summed E-state index contributed by atoms with van der Waals surface area (Å²) in [5.74, 6) is 0.462. The molecule has 1 aliphatic heterocycles. The molecule has 0 bridgehead atoms. The minimum atomic E-state index is 0.0920. The zero-order valence-electron chi connectivity index (χ0n) is 7.49. The summed E-state index contributed by atoms with van der Waals surface area (Å²) in [6.45, 7) is 2.00. The molecule has 69 valence electrons. The Kier molecular flexibility index (Phi) is 2.45. The molecule has 3 heteroatoms. The van der Waals surface area contributed by atoms with Gasteiger partial charge in [0.15, 0.2) is 5.75 Å². The van der Waals surface area contributed by atoms with Gasteiger partial charge in [-0.25, -0.2) is 0 Å². The van der Waals surface area contributed by atoms with E-state index in [-0.39, 0.29) is 5.75 Å². The van der Waals surface area contributed by atoms with E-state index in [2.05, 4.69) is 10.3 Å². The summed E-state index contributed by atoms with van der Waals surface area (Å²) in [6.07, 6.45) is 3.78. The van der Waals surface area contributed by atoms with E-state index in [9.17, 15) is 5.11 Å². The molecule has 0 unspecified atom stereocenters. The van der Waals surface area contributed by atoms with Crippen LogP contribution in [0.5, 0.6) is 5.75 Å². The summed E-state index contributed by atoms with van der Waals surface area (Å²) in [5.41, 5.74) is 0.754. The Balaban J connectivity index is 2.18. The van der Waals surface area contributed by atoms with Crippen molar-refractivity contribution >= 4 is 0 Å². The lowest BCUT2D eigenvalue weighted by Crippen LogP contribution is -2.27. The molecule has 0 aliphatic carbocycles. The van der Waals surface area contributed by atoms with Gasteiger partial charge >= 0.3 is 0 Å². The van der Waals surface area contributed by atoms with E-state index >= 15 is 0 Å². The van der Waals surface area contributed by atoms with Crippen molar-refractivity contribution in [3.8, 4) is 5.75 Å². The molecule has 0 atom stereocenters. The molecular weight excluding hydrogens is 164 g/mol. The Morgan fingerprint density at radius 3 is 2.85 bits per heavy atom. The van der Waals surface area contributed by atoms with Gasteiger partial charge in [-0.1, -0.05) is 0 Å². The minimum Gasteiger partial charge on any atom is -0.317 e. The van der Waals surface area contributed by atoms with Crippen LogP contribution >= 0.6 is 0 Å². The summed E-state index contributed by atoms with van der Waals surface area (Å²) >= 11 is 0. The van der Waals surface area contributed by atoms with Crippen LogP contribution in [0.4, 0.5) is 0 Å². The van der Waals surface area contributed by atoms with E-state index in [4.69, 9.17) is 0 Å². The summed E-state index contributed by atoms with van der Waals surface area (Å²) < 4.78 is 0. The molecule has 2 rings (SSSR count). The lowest BCUT2D eigenvalue weighted by atomic mass is 9.94. The van der Waals surface area contributed by atoms with Crippen molar-refractivity contribution in [2.75, 3.05) is 13.1 Å². The normalized spacial score (nSPS) is 18.8. The molecule has 0 amide bonds. The summed E-state index contributed by atoms with van der Waals surface area (Å²) in [6, 6.07) is 3.30. The second-order valence-electron chi connectivity index (χ2n) is 3.41. The Morgan fingerprint density at radius 1 is 1.38 bits per heavy atom. The fourth-order valence-corrected chi connectivity index (χ4v) is 1.80. The predicted molar refractivity (Wildman–Crippen MR) is 49.2 cm³/mol. The number of nitrogens with one attached hydrogen (secondary N) is 1. The summed E-state index contributed by atoms with van der Waals surface area (Å²) in [5, 5.41) is 14.7. The first-order chi connectivity index (χ1) is 6.38. The van der Waals surface area contributed by atoms with Gasteiger partial charge in [0.1, 0.15) is 0 Å². The monoisotopic (exact) mass is 177 g/mol. The van der Waals surface area contributed by atoms with Crippen LogP contribution in [0.1, 0.15) is 24.5 Å². The zero-order chi connectivity index (χ0) is 9.10. The highest BCUT2D eigenvalue weighted by Gasteiger charge is 2.19. The number of aromatic nitrogens is 1. The summed E-state index contributed by atoms with van der Waals surface area (Å²) in [4.78, 5) is 4.16. The number of hydrogen-bond donors (Lipinski definition) is 1. The average Bonchev–Trinajstić information content (AvgIpc) is 2.20. The van der Waals surface area contributed by atoms with Gasteiger partial charge in [-0.05, 0) is 38.1 Å². The number of rotatable bonds is 1. The van der Waals surface area contributed by atoms with Crippen LogP contribution in [0.15, 0.2) is 18.3 Å². The third kappa shape index (κ3) is 1.80. The van der Waals surface area contributed by atoms with E-state index in [1.165, 1.54) is 0 Å². The average molecular weight is 177 g/mol. The lowest BCUT2D eigenvalue weighted by molar-refractivity contribution is 0.335. The van der Waals surface area contributed by atoms with E-state index < -0.39 is 0 Å². The molecule has 13 heavy (non-hydrogen) atoms. The summed E-state index contributed by atoms with van der Waals surface area (Å²) in [7, 11) is 0. The highest BCUT2D eigenvalue weighted by Crippen LogP contribution is 2.29. The number of piperidine rings is 1. The fraction of sp³-hybridized carbons (Fsp3) is 0.500. The molecule has 1 fully saturated rings. The molecular formula is C10H13N2O. The van der Waals surface area contributed by atoms with Crippen LogP contribution in [-0.4, -0.2) is 18.1 Å². The lowest BCUT2D eigenvalue weighted by Gasteiger charge is -2.21. The van der Waals surface area contributed by atoms with E-state index in [1.54, 1.807) is 18.3 Å². The van der Waals surface area contributed by atoms with E-state index in [0.717, 1.165) is 31.6 Å². The molecule has 3 nitrogen and oxygen atoms in total. The van der Waals surface area contributed by atoms with Crippen molar-refractivity contribution in [1.82, 2.24) is 10.3 Å². The van der Waals surface area contributed by atoms with Crippen molar-refractivity contribution in [1.29, 1.82) is 0 Å². The van der Waals surface area contributed by atoms with Crippen LogP contribution in [0, 0.1) is 0 Å². The molecule has 0 spiro atoms. The van der Waals surface area contributed by atoms with Gasteiger partial charge in [0.2, 0.25) is 0 Å². The van der Waals surface area contributed by atoms with Gasteiger partial charge in [-0.15, -0.1) is 0 Å². The molecule has 1 aromatic rings. The molecule has 1 radical (unpaired) electrons. The Bertz CT molecular complexity index is 282. The van der Waals surface area contributed by atoms with Gasteiger partial charge in [0, 0.05) is 12.1 Å². The second kappa shape index (κ2) is 3.75. The van der Waals surface area contributed by atoms with E-state index in [0.29, 0.717) is 5.92 Å². The first-order valence-corrected chi connectivity index (χ1v) is 4.70.